The van der Waals surface area contributed by atoms with Crippen LogP contribution in [0.2, 0.25) is 25.3 Å². The molecule has 0 spiro atoms. The van der Waals surface area contributed by atoms with Crippen LogP contribution in [-0.4, -0.2) is 36.9 Å². The third kappa shape index (κ3) is 12.9. The molecule has 0 radical (unpaired) electrons. The predicted molar refractivity (Wildman–Crippen MR) is 335 cm³/mol. The Kier molecular flexibility index (Phi) is 20.3. The second-order valence-corrected chi connectivity index (χ2v) is 36.6. The molecular weight excluding hydrogens is 1280 g/mol. The molecule has 504 valence electrons. The first-order valence-corrected chi connectivity index (χ1v) is 34.1. The SMILES string of the molecule is CC(C)(C)c1cc(C(C)(C)C)c([PH+]2CC[B-](c3c(F)c(F)c(F)c(F)c3F)(c3c(F)c(F)c(F)c(F)c3F)CC2)c(C(C)(C)C)c1.CC(C)(C)c1cc(C(C)(C)C)c([PH+]2CC[B-](c3c(F)c(F)c(F)c(F)c3F)(c3c(F)c(F)c(F)c(F)c3F)CC2)c(C(C)(C)C)c1. The molecule has 0 bridgehead atoms. The predicted octanol–water partition coefficient (Wildman–Crippen LogP) is 18.2. The van der Waals surface area contributed by atoms with Gasteiger partial charge >= 0.3 is 0 Å². The van der Waals surface area contributed by atoms with Gasteiger partial charge in [0.15, 0.2) is 69.8 Å². The molecule has 2 heterocycles. The number of hydrogen-bond acceptors (Lipinski definition) is 0. The van der Waals surface area contributed by atoms with Crippen LogP contribution in [0.25, 0.3) is 0 Å². The largest absolute Gasteiger partial charge is 0.207 e. The molecule has 0 aromatic heterocycles. The maximum absolute atomic E-state index is 15.5. The minimum Gasteiger partial charge on any atom is -0.207 e. The summed E-state index contributed by atoms with van der Waals surface area (Å²) < 4.78 is 297. The van der Waals surface area contributed by atoms with Crippen molar-refractivity contribution >= 4 is 60.6 Å². The summed E-state index contributed by atoms with van der Waals surface area (Å²) in [6.45, 7) is 36.7. The fourth-order valence-electron chi connectivity index (χ4n) is 13.9. The molecule has 2 aliphatic heterocycles. The van der Waals surface area contributed by atoms with Crippen LogP contribution in [0.4, 0.5) is 87.8 Å². The van der Waals surface area contributed by atoms with Gasteiger partial charge in [0.2, 0.25) is 0 Å². The number of halogens is 20. The second-order valence-electron chi connectivity index (χ2n) is 31.2. The van der Waals surface area contributed by atoms with Crippen molar-refractivity contribution in [2.75, 3.05) is 24.6 Å². The summed E-state index contributed by atoms with van der Waals surface area (Å²) in [4.78, 5) is 0. The zero-order valence-electron chi connectivity index (χ0n) is 54.7. The highest BCUT2D eigenvalue weighted by Gasteiger charge is 2.51. The highest BCUT2D eigenvalue weighted by molar-refractivity contribution is 7.67. The summed E-state index contributed by atoms with van der Waals surface area (Å²) in [7, 11) is -3.60. The van der Waals surface area contributed by atoms with E-state index >= 15 is 35.1 Å². The molecule has 0 unspecified atom stereocenters. The van der Waals surface area contributed by atoms with E-state index in [0.29, 0.717) is 0 Å². The molecule has 0 nitrogen and oxygen atoms in total. The fourth-order valence-corrected chi connectivity index (χ4v) is 22.0. The first-order valence-electron chi connectivity index (χ1n) is 30.3. The molecule has 24 heteroatoms. The number of benzene rings is 6. The Bertz CT molecular complexity index is 3330. The lowest BCUT2D eigenvalue weighted by atomic mass is 9.15. The molecule has 0 aliphatic carbocycles. The van der Waals surface area contributed by atoms with Crippen LogP contribution in [-0.2, 0) is 32.5 Å². The molecule has 92 heavy (non-hydrogen) atoms. The van der Waals surface area contributed by atoms with Crippen molar-refractivity contribution in [3.05, 3.63) is 174 Å². The van der Waals surface area contributed by atoms with Gasteiger partial charge in [0.25, 0.3) is 0 Å². The molecule has 0 saturated carbocycles. The molecule has 2 fully saturated rings. The molecule has 8 rings (SSSR count). The molecule has 0 atom stereocenters. The lowest BCUT2D eigenvalue weighted by molar-refractivity contribution is 0.381. The lowest BCUT2D eigenvalue weighted by Gasteiger charge is -2.46. The van der Waals surface area contributed by atoms with Gasteiger partial charge in [0, 0.05) is 62.7 Å². The van der Waals surface area contributed by atoms with E-state index in [1.165, 1.54) is 0 Å². The van der Waals surface area contributed by atoms with E-state index in [1.807, 2.05) is 83.1 Å². The Morgan fingerprint density at radius 1 is 0.228 bits per heavy atom. The average molecular weight is 1360 g/mol. The van der Waals surface area contributed by atoms with Gasteiger partial charge in [-0.2, -0.15) is 0 Å². The van der Waals surface area contributed by atoms with Gasteiger partial charge < -0.3 is 0 Å². The second kappa shape index (κ2) is 25.2. The Morgan fingerprint density at radius 3 is 0.500 bits per heavy atom. The molecule has 6 aromatic carbocycles. The van der Waals surface area contributed by atoms with Crippen LogP contribution in [0.3, 0.4) is 0 Å². The lowest BCUT2D eigenvalue weighted by Crippen LogP contribution is -2.65. The summed E-state index contributed by atoms with van der Waals surface area (Å²) >= 11 is 0. The first-order chi connectivity index (χ1) is 41.7. The smallest absolute Gasteiger partial charge is 0.200 e. The summed E-state index contributed by atoms with van der Waals surface area (Å²) in [5.41, 5.74) is -2.19. The van der Waals surface area contributed by atoms with Gasteiger partial charge in [-0.3, -0.25) is 0 Å². The van der Waals surface area contributed by atoms with E-state index in [9.17, 15) is 52.7 Å². The molecular formula is C68H76B2F20P2. The van der Waals surface area contributed by atoms with Crippen molar-refractivity contribution < 1.29 is 87.8 Å². The van der Waals surface area contributed by atoms with Gasteiger partial charge in [0.05, 0.1) is 22.9 Å². The van der Waals surface area contributed by atoms with E-state index in [-0.39, 0.29) is 35.5 Å². The van der Waals surface area contributed by atoms with Crippen LogP contribution in [0.1, 0.15) is 158 Å². The minimum atomic E-state index is -3.72. The first kappa shape index (κ1) is 74.3. The van der Waals surface area contributed by atoms with Crippen LogP contribution in [0, 0.1) is 116 Å². The highest BCUT2D eigenvalue weighted by atomic mass is 31.1. The van der Waals surface area contributed by atoms with Gasteiger partial charge in [-0.25, -0.2) is 87.8 Å². The maximum atomic E-state index is 15.5. The van der Waals surface area contributed by atoms with Crippen LogP contribution < -0.4 is 32.5 Å². The Hall–Kier alpha value is -5.09. The Balaban J connectivity index is 0.000000261. The average Bonchev–Trinajstić information content (AvgIpc) is 0.725. The van der Waals surface area contributed by atoms with E-state index in [0.717, 1.165) is 44.0 Å². The molecule has 0 N–H and O–H groups in total. The zero-order chi connectivity index (χ0) is 70.1. The van der Waals surface area contributed by atoms with Crippen LogP contribution >= 0.6 is 15.8 Å². The summed E-state index contributed by atoms with van der Waals surface area (Å²) in [5.74, 6) is -47.7. The van der Waals surface area contributed by atoms with Crippen molar-refractivity contribution in [2.45, 2.75) is 182 Å². The van der Waals surface area contributed by atoms with E-state index in [2.05, 4.69) is 65.8 Å². The monoisotopic (exact) mass is 1360 g/mol. The van der Waals surface area contributed by atoms with Crippen molar-refractivity contribution in [1.82, 2.24) is 0 Å². The van der Waals surface area contributed by atoms with Gasteiger partial charge in [-0.15, -0.1) is 47.1 Å². The molecule has 6 aromatic rings. The third-order valence-corrected chi connectivity index (χ3v) is 24.9. The Morgan fingerprint density at radius 2 is 0.370 bits per heavy atom. The zero-order valence-corrected chi connectivity index (χ0v) is 56.7. The standard InChI is InChI=1S/2C34H37BF10P/c2*1-32(2,3)16-14-17(33(4,5)6)31(18(15-16)34(7,8)9)46-12-10-35(11-13-46,19-21(36)25(40)29(44)26(41)22(19)37)20-23(38)27(42)30(45)28(43)24(20)39/h2*14-15H,10-13H2,1-9H3/q2*-1/p+2. The molecule has 2 aliphatic rings. The number of hydrogen-bond donors (Lipinski definition) is 0. The Labute approximate surface area is 527 Å². The summed E-state index contributed by atoms with van der Waals surface area (Å²) in [6.07, 6.45) is -9.70. The van der Waals surface area contributed by atoms with E-state index < -0.39 is 213 Å². The van der Waals surface area contributed by atoms with Crippen molar-refractivity contribution in [3.63, 3.8) is 0 Å². The third-order valence-electron chi connectivity index (χ3n) is 18.9. The van der Waals surface area contributed by atoms with Crippen molar-refractivity contribution in [2.24, 2.45) is 0 Å². The van der Waals surface area contributed by atoms with E-state index in [4.69, 9.17) is 0 Å². The van der Waals surface area contributed by atoms with Crippen LogP contribution in [0.5, 0.6) is 0 Å². The maximum Gasteiger partial charge on any atom is 0.200 e. The van der Waals surface area contributed by atoms with Crippen molar-refractivity contribution in [3.8, 4) is 0 Å². The molecule has 0 amide bonds. The van der Waals surface area contributed by atoms with Crippen molar-refractivity contribution in [1.29, 1.82) is 0 Å². The van der Waals surface area contributed by atoms with E-state index in [1.54, 1.807) is 0 Å². The number of rotatable bonds is 6. The minimum absolute atomic E-state index is 0.00464. The fraction of sp³-hybridized carbons (Fsp3) is 0.471. The quantitative estimate of drug-likeness (QED) is 0.0513. The summed E-state index contributed by atoms with van der Waals surface area (Å²) in [5, 5.41) is 1.97. The normalized spacial score (nSPS) is 16.3. The highest BCUT2D eigenvalue weighted by Crippen LogP contribution is 2.53. The van der Waals surface area contributed by atoms with Gasteiger partial charge in [0.1, 0.15) is 46.5 Å². The van der Waals surface area contributed by atoms with Crippen LogP contribution in [0.15, 0.2) is 24.3 Å². The van der Waals surface area contributed by atoms with Gasteiger partial charge in [-0.1, -0.05) is 149 Å². The summed E-state index contributed by atoms with van der Waals surface area (Å²) in [6, 6.07) is 8.40. The molecule has 2 saturated heterocycles. The van der Waals surface area contributed by atoms with Gasteiger partial charge in [-0.05, 0) is 43.6 Å². The topological polar surface area (TPSA) is 0 Å².